The number of anilines is 1. The van der Waals surface area contributed by atoms with Crippen LogP contribution in [-0.4, -0.2) is 17.5 Å². The molecule has 0 aliphatic carbocycles. The molecule has 1 aliphatic heterocycles. The van der Waals surface area contributed by atoms with Gasteiger partial charge in [0.15, 0.2) is 5.96 Å². The smallest absolute Gasteiger partial charge is 0.196 e. The molecule has 0 radical (unpaired) electrons. The van der Waals surface area contributed by atoms with Crippen molar-refractivity contribution in [3.63, 3.8) is 0 Å². The zero-order valence-electron chi connectivity index (χ0n) is 10.8. The number of aryl methyl sites for hydroxylation is 1. The summed E-state index contributed by atoms with van der Waals surface area (Å²) >= 11 is 0. The molecule has 2 N–H and O–H groups in total. The van der Waals surface area contributed by atoms with E-state index in [1.54, 1.807) is 0 Å². The van der Waals surface area contributed by atoms with Crippen LogP contribution in [0, 0.1) is 6.92 Å². The minimum Gasteiger partial charge on any atom is -0.369 e. The van der Waals surface area contributed by atoms with Gasteiger partial charge in [-0.1, -0.05) is 18.2 Å². The fourth-order valence-corrected chi connectivity index (χ4v) is 2.46. The number of rotatable bonds is 2. The first-order valence-corrected chi connectivity index (χ1v) is 6.32. The Kier molecular flexibility index (Phi) is 2.91. The molecule has 0 fully saturated rings. The van der Waals surface area contributed by atoms with E-state index in [1.807, 2.05) is 48.8 Å². The van der Waals surface area contributed by atoms with Gasteiger partial charge >= 0.3 is 0 Å². The normalized spacial score (nSPS) is 18.5. The molecule has 2 heterocycles. The summed E-state index contributed by atoms with van der Waals surface area (Å²) in [7, 11) is 0. The van der Waals surface area contributed by atoms with Crippen LogP contribution in [0.5, 0.6) is 0 Å². The Labute approximate surface area is 112 Å². The number of para-hydroxylation sites is 1. The Bertz CT molecular complexity index is 607. The molecule has 96 valence electrons. The van der Waals surface area contributed by atoms with Crippen LogP contribution in [0.2, 0.25) is 0 Å². The third-order valence-corrected chi connectivity index (χ3v) is 3.46. The molecule has 0 spiro atoms. The van der Waals surface area contributed by atoms with Crippen LogP contribution >= 0.6 is 0 Å². The van der Waals surface area contributed by atoms with Crippen molar-refractivity contribution in [1.29, 1.82) is 0 Å². The molecule has 1 aromatic heterocycles. The number of nitrogens with zero attached hydrogens (tertiary/aromatic N) is 3. The molecular weight excluding hydrogens is 236 g/mol. The summed E-state index contributed by atoms with van der Waals surface area (Å²) in [6, 6.07) is 12.3. The van der Waals surface area contributed by atoms with Gasteiger partial charge in [-0.25, -0.2) is 0 Å². The highest BCUT2D eigenvalue weighted by Gasteiger charge is 2.29. The average Bonchev–Trinajstić information content (AvgIpc) is 2.82. The minimum atomic E-state index is 0.135. The molecule has 0 saturated carbocycles. The summed E-state index contributed by atoms with van der Waals surface area (Å²) in [4.78, 5) is 10.7. The van der Waals surface area contributed by atoms with Gasteiger partial charge in [-0.15, -0.1) is 0 Å². The highest BCUT2D eigenvalue weighted by atomic mass is 15.3. The lowest BCUT2D eigenvalue weighted by Crippen LogP contribution is -2.36. The van der Waals surface area contributed by atoms with Crippen molar-refractivity contribution in [2.75, 3.05) is 11.4 Å². The highest BCUT2D eigenvalue weighted by molar-refractivity contribution is 5.97. The summed E-state index contributed by atoms with van der Waals surface area (Å²) in [5.41, 5.74) is 9.50. The van der Waals surface area contributed by atoms with Gasteiger partial charge in [-0.05, 0) is 36.2 Å². The Balaban J connectivity index is 2.02. The SMILES string of the molecule is Cc1ccncc1C1CN=C(N)N1c1ccccc1. The molecule has 1 unspecified atom stereocenters. The van der Waals surface area contributed by atoms with Crippen molar-refractivity contribution >= 4 is 11.6 Å². The predicted molar refractivity (Wildman–Crippen MR) is 77.1 cm³/mol. The summed E-state index contributed by atoms with van der Waals surface area (Å²) in [5, 5.41) is 0. The number of hydrogen-bond donors (Lipinski definition) is 1. The second kappa shape index (κ2) is 4.72. The van der Waals surface area contributed by atoms with Crippen molar-refractivity contribution in [1.82, 2.24) is 4.98 Å². The van der Waals surface area contributed by atoms with E-state index < -0.39 is 0 Å². The summed E-state index contributed by atoms with van der Waals surface area (Å²) in [6.07, 6.45) is 3.72. The van der Waals surface area contributed by atoms with Crippen molar-refractivity contribution < 1.29 is 0 Å². The maximum atomic E-state index is 6.04. The van der Waals surface area contributed by atoms with Crippen LogP contribution < -0.4 is 10.6 Å². The van der Waals surface area contributed by atoms with E-state index in [1.165, 1.54) is 11.1 Å². The fourth-order valence-electron chi connectivity index (χ4n) is 2.46. The van der Waals surface area contributed by atoms with E-state index in [4.69, 9.17) is 5.73 Å². The summed E-state index contributed by atoms with van der Waals surface area (Å²) in [5.74, 6) is 0.569. The van der Waals surface area contributed by atoms with Gasteiger partial charge in [0.1, 0.15) is 0 Å². The first-order valence-electron chi connectivity index (χ1n) is 6.32. The molecule has 0 saturated heterocycles. The van der Waals surface area contributed by atoms with Crippen LogP contribution in [0.3, 0.4) is 0 Å². The maximum Gasteiger partial charge on any atom is 0.196 e. The minimum absolute atomic E-state index is 0.135. The van der Waals surface area contributed by atoms with E-state index in [2.05, 4.69) is 21.8 Å². The predicted octanol–water partition coefficient (Wildman–Crippen LogP) is 2.27. The number of benzene rings is 1. The second-order valence-corrected chi connectivity index (χ2v) is 4.65. The number of nitrogens with two attached hydrogens (primary N) is 1. The van der Waals surface area contributed by atoms with Gasteiger partial charge in [0.25, 0.3) is 0 Å². The lowest BCUT2D eigenvalue weighted by atomic mass is 10.0. The lowest BCUT2D eigenvalue weighted by molar-refractivity contribution is 0.757. The van der Waals surface area contributed by atoms with Crippen molar-refractivity contribution in [3.8, 4) is 0 Å². The lowest BCUT2D eigenvalue weighted by Gasteiger charge is -2.27. The van der Waals surface area contributed by atoms with Crippen molar-refractivity contribution in [3.05, 3.63) is 59.9 Å². The topological polar surface area (TPSA) is 54.5 Å². The molecule has 1 aliphatic rings. The molecule has 4 nitrogen and oxygen atoms in total. The Morgan fingerprint density at radius 2 is 2.00 bits per heavy atom. The van der Waals surface area contributed by atoms with Gasteiger partial charge in [0, 0.05) is 18.1 Å². The monoisotopic (exact) mass is 252 g/mol. The Morgan fingerprint density at radius 1 is 1.21 bits per heavy atom. The van der Waals surface area contributed by atoms with Crippen LogP contribution in [-0.2, 0) is 0 Å². The molecule has 3 rings (SSSR count). The van der Waals surface area contributed by atoms with E-state index in [0.717, 1.165) is 5.69 Å². The average molecular weight is 252 g/mol. The molecular formula is C15H16N4. The molecule has 0 bridgehead atoms. The first kappa shape index (κ1) is 11.7. The number of aromatic nitrogens is 1. The van der Waals surface area contributed by atoms with Gasteiger partial charge < -0.3 is 10.6 Å². The third-order valence-electron chi connectivity index (χ3n) is 3.46. The molecule has 19 heavy (non-hydrogen) atoms. The van der Waals surface area contributed by atoms with E-state index in [9.17, 15) is 0 Å². The van der Waals surface area contributed by atoms with Crippen molar-refractivity contribution in [2.45, 2.75) is 13.0 Å². The zero-order chi connectivity index (χ0) is 13.2. The highest BCUT2D eigenvalue weighted by Crippen LogP contribution is 2.31. The van der Waals surface area contributed by atoms with Crippen LogP contribution in [0.4, 0.5) is 5.69 Å². The Hall–Kier alpha value is -2.36. The number of aliphatic imine (C=N–C) groups is 1. The van der Waals surface area contributed by atoms with E-state index in [0.29, 0.717) is 12.5 Å². The molecule has 1 aromatic carbocycles. The van der Waals surface area contributed by atoms with E-state index in [-0.39, 0.29) is 6.04 Å². The van der Waals surface area contributed by atoms with Gasteiger partial charge in [0.2, 0.25) is 0 Å². The van der Waals surface area contributed by atoms with Crippen molar-refractivity contribution in [2.24, 2.45) is 10.7 Å². The standard InChI is InChI=1S/C15H16N4/c1-11-7-8-17-9-13(11)14-10-18-15(16)19(14)12-5-3-2-4-6-12/h2-9,14H,10H2,1H3,(H2,16,18). The molecule has 2 aromatic rings. The van der Waals surface area contributed by atoms with Crippen LogP contribution in [0.15, 0.2) is 53.8 Å². The number of pyridine rings is 1. The number of hydrogen-bond acceptors (Lipinski definition) is 4. The molecule has 4 heteroatoms. The summed E-state index contributed by atoms with van der Waals surface area (Å²) < 4.78 is 0. The first-order chi connectivity index (χ1) is 9.27. The van der Waals surface area contributed by atoms with E-state index >= 15 is 0 Å². The zero-order valence-corrected chi connectivity index (χ0v) is 10.8. The largest absolute Gasteiger partial charge is 0.369 e. The fraction of sp³-hybridized carbons (Fsp3) is 0.200. The third kappa shape index (κ3) is 2.05. The maximum absolute atomic E-state index is 6.04. The second-order valence-electron chi connectivity index (χ2n) is 4.65. The quantitative estimate of drug-likeness (QED) is 0.892. The van der Waals surface area contributed by atoms with Crippen LogP contribution in [0.25, 0.3) is 0 Å². The summed E-state index contributed by atoms with van der Waals surface area (Å²) in [6.45, 7) is 2.77. The Morgan fingerprint density at radius 3 is 2.74 bits per heavy atom. The van der Waals surface area contributed by atoms with Gasteiger partial charge in [-0.3, -0.25) is 9.98 Å². The molecule has 1 atom stereocenters. The van der Waals surface area contributed by atoms with Crippen LogP contribution in [0.1, 0.15) is 17.2 Å². The van der Waals surface area contributed by atoms with Gasteiger partial charge in [-0.2, -0.15) is 0 Å². The molecule has 0 amide bonds. The number of guanidine groups is 1. The van der Waals surface area contributed by atoms with Gasteiger partial charge in [0.05, 0.1) is 12.6 Å².